The Morgan fingerprint density at radius 2 is 1.93 bits per heavy atom. The molecule has 2 bridgehead atoms. The van der Waals surface area contributed by atoms with E-state index in [1.807, 2.05) is 37.3 Å². The molecule has 0 spiro atoms. The Bertz CT molecular complexity index is 1040. The van der Waals surface area contributed by atoms with Crippen LogP contribution in [0, 0.1) is 22.7 Å². The van der Waals surface area contributed by atoms with E-state index < -0.39 is 5.25 Å². The second kappa shape index (κ2) is 8.47. The monoisotopic (exact) mass is 417 g/mol. The lowest BCUT2D eigenvalue weighted by molar-refractivity contribution is -0.107. The van der Waals surface area contributed by atoms with E-state index in [0.717, 1.165) is 36.9 Å². The number of carbonyl (C=O) groups excluding carboxylic acids is 1. The highest BCUT2D eigenvalue weighted by Crippen LogP contribution is 2.41. The molecule has 0 radical (unpaired) electrons. The lowest BCUT2D eigenvalue weighted by Crippen LogP contribution is -2.45. The van der Waals surface area contributed by atoms with Crippen molar-refractivity contribution in [2.75, 3.05) is 25.0 Å². The van der Waals surface area contributed by atoms with E-state index in [-0.39, 0.29) is 0 Å². The normalized spacial score (nSPS) is 21.3. The predicted molar refractivity (Wildman–Crippen MR) is 116 cm³/mol. The second-order valence-corrected chi connectivity index (χ2v) is 8.90. The number of anilines is 1. The van der Waals surface area contributed by atoms with Gasteiger partial charge in [-0.05, 0) is 31.0 Å². The van der Waals surface area contributed by atoms with Crippen molar-refractivity contribution >= 4 is 23.9 Å². The average Bonchev–Trinajstić information content (AvgIpc) is 3.36. The number of nitrogens with zero attached hydrogens (tertiary/aromatic N) is 5. The third-order valence-corrected chi connectivity index (χ3v) is 7.26. The third-order valence-electron chi connectivity index (χ3n) is 6.10. The number of aromatic nitrogens is 1. The van der Waals surface area contributed by atoms with Crippen LogP contribution < -0.4 is 4.90 Å². The first-order valence-corrected chi connectivity index (χ1v) is 11.0. The smallest absolute Gasteiger partial charge is 0.148 e. The van der Waals surface area contributed by atoms with Crippen LogP contribution in [-0.4, -0.2) is 48.4 Å². The number of likely N-dealkylation sites (N-methyl/N-ethyl adjacent to an activating group) is 1. The third kappa shape index (κ3) is 3.45. The molecular weight excluding hydrogens is 394 g/mol. The van der Waals surface area contributed by atoms with Crippen LogP contribution in [0.15, 0.2) is 35.4 Å². The molecule has 1 aromatic heterocycles. The highest BCUT2D eigenvalue weighted by molar-refractivity contribution is 8.00. The van der Waals surface area contributed by atoms with Gasteiger partial charge in [0.1, 0.15) is 29.3 Å². The summed E-state index contributed by atoms with van der Waals surface area (Å²) in [4.78, 5) is 21.3. The number of hydrogen-bond donors (Lipinski definition) is 0. The standard InChI is InChI=1S/C23H23N5OS/c1-3-18-19(10-24)22(28-13-16-9-17(28)12-27(16)2)26-23(20(18)11-25)30-21(14-29)15-7-5-4-6-8-15/h4-8,14,16-17,21H,3,9,12-13H2,1-2H3. The number of fused-ring (bicyclic) bond motifs is 2. The van der Waals surface area contributed by atoms with Crippen LogP contribution in [0.25, 0.3) is 0 Å². The quantitative estimate of drug-likeness (QED) is 0.527. The minimum absolute atomic E-state index is 0.325. The number of benzene rings is 1. The molecule has 0 amide bonds. The highest BCUT2D eigenvalue weighted by Gasteiger charge is 2.43. The number of likely N-dealkylation sites (tertiary alicyclic amines) is 1. The summed E-state index contributed by atoms with van der Waals surface area (Å²) in [6.07, 6.45) is 2.51. The molecule has 4 rings (SSSR count). The maximum absolute atomic E-state index is 11.9. The number of thioether (sulfide) groups is 1. The molecule has 2 fully saturated rings. The molecule has 7 heteroatoms. The van der Waals surface area contributed by atoms with Crippen molar-refractivity contribution in [3.8, 4) is 12.1 Å². The van der Waals surface area contributed by atoms with Crippen molar-refractivity contribution in [2.45, 2.75) is 42.1 Å². The van der Waals surface area contributed by atoms with Gasteiger partial charge in [0.25, 0.3) is 0 Å². The van der Waals surface area contributed by atoms with Crippen molar-refractivity contribution < 1.29 is 4.79 Å². The molecule has 3 atom stereocenters. The zero-order chi connectivity index (χ0) is 21.3. The van der Waals surface area contributed by atoms with E-state index in [0.29, 0.717) is 40.5 Å². The minimum atomic E-state index is -0.461. The number of carbonyl (C=O) groups is 1. The van der Waals surface area contributed by atoms with Crippen LogP contribution in [0.1, 0.15) is 40.8 Å². The van der Waals surface area contributed by atoms with E-state index in [9.17, 15) is 15.3 Å². The first-order valence-electron chi connectivity index (χ1n) is 10.1. The molecule has 6 nitrogen and oxygen atoms in total. The van der Waals surface area contributed by atoms with Crippen molar-refractivity contribution in [2.24, 2.45) is 0 Å². The second-order valence-electron chi connectivity index (χ2n) is 7.77. The summed E-state index contributed by atoms with van der Waals surface area (Å²) in [6, 6.07) is 14.9. The molecule has 0 N–H and O–H groups in total. The topological polar surface area (TPSA) is 84.0 Å². The van der Waals surface area contributed by atoms with Gasteiger partial charge in [0, 0.05) is 25.2 Å². The summed E-state index contributed by atoms with van der Waals surface area (Å²) < 4.78 is 0. The number of hydrogen-bond acceptors (Lipinski definition) is 7. The molecule has 2 saturated heterocycles. The lowest BCUT2D eigenvalue weighted by Gasteiger charge is -2.34. The Labute approximate surface area is 181 Å². The van der Waals surface area contributed by atoms with Gasteiger partial charge < -0.3 is 9.69 Å². The van der Waals surface area contributed by atoms with Gasteiger partial charge in [0.15, 0.2) is 0 Å². The largest absolute Gasteiger partial charge is 0.350 e. The Kier molecular flexibility index (Phi) is 5.76. The SMILES string of the molecule is CCc1c(C#N)c(SC(C=O)c2ccccc2)nc(N2CC3CC2CN3C)c1C#N. The van der Waals surface area contributed by atoms with Crippen molar-refractivity contribution in [1.29, 1.82) is 10.5 Å². The summed E-state index contributed by atoms with van der Waals surface area (Å²) in [6.45, 7) is 3.73. The van der Waals surface area contributed by atoms with E-state index >= 15 is 0 Å². The molecule has 3 unspecified atom stereocenters. The van der Waals surface area contributed by atoms with Crippen molar-refractivity contribution in [3.63, 3.8) is 0 Å². The van der Waals surface area contributed by atoms with E-state index in [2.05, 4.69) is 29.0 Å². The van der Waals surface area contributed by atoms with E-state index in [1.165, 1.54) is 11.8 Å². The fourth-order valence-corrected chi connectivity index (χ4v) is 5.55. The Morgan fingerprint density at radius 3 is 2.47 bits per heavy atom. The maximum Gasteiger partial charge on any atom is 0.148 e. The molecule has 2 aromatic rings. The van der Waals surface area contributed by atoms with Gasteiger partial charge in [-0.1, -0.05) is 49.0 Å². The fraction of sp³-hybridized carbons (Fsp3) is 0.391. The van der Waals surface area contributed by atoms with Gasteiger partial charge in [0.2, 0.25) is 0 Å². The highest BCUT2D eigenvalue weighted by atomic mass is 32.2. The molecule has 2 aliphatic heterocycles. The fourth-order valence-electron chi connectivity index (χ4n) is 4.54. The molecule has 0 saturated carbocycles. The summed E-state index contributed by atoms with van der Waals surface area (Å²) in [5.41, 5.74) is 2.50. The molecule has 0 aliphatic carbocycles. The number of pyridine rings is 1. The molecule has 1 aromatic carbocycles. The zero-order valence-electron chi connectivity index (χ0n) is 17.1. The van der Waals surface area contributed by atoms with Gasteiger partial charge in [-0.3, -0.25) is 4.90 Å². The van der Waals surface area contributed by atoms with Crippen LogP contribution in [0.3, 0.4) is 0 Å². The molecule has 152 valence electrons. The lowest BCUT2D eigenvalue weighted by atomic mass is 10.0. The molecule has 3 heterocycles. The minimum Gasteiger partial charge on any atom is -0.350 e. The summed E-state index contributed by atoms with van der Waals surface area (Å²) in [7, 11) is 2.13. The van der Waals surface area contributed by atoms with Gasteiger partial charge in [-0.2, -0.15) is 10.5 Å². The number of nitriles is 2. The van der Waals surface area contributed by atoms with Crippen LogP contribution in [0.4, 0.5) is 5.82 Å². The molecule has 2 aliphatic rings. The first-order chi connectivity index (χ1) is 14.6. The van der Waals surface area contributed by atoms with Crippen molar-refractivity contribution in [3.05, 3.63) is 52.6 Å². The molecular formula is C23H23N5OS. The van der Waals surface area contributed by atoms with Crippen LogP contribution >= 0.6 is 11.8 Å². The van der Waals surface area contributed by atoms with Gasteiger partial charge in [-0.25, -0.2) is 4.98 Å². The Hall–Kier alpha value is -2.87. The number of rotatable bonds is 6. The summed E-state index contributed by atoms with van der Waals surface area (Å²) >= 11 is 1.29. The zero-order valence-corrected chi connectivity index (χ0v) is 17.9. The summed E-state index contributed by atoms with van der Waals surface area (Å²) in [5, 5.41) is 19.9. The van der Waals surface area contributed by atoms with Gasteiger partial charge in [0.05, 0.1) is 16.4 Å². The Morgan fingerprint density at radius 1 is 1.20 bits per heavy atom. The van der Waals surface area contributed by atoms with E-state index in [4.69, 9.17) is 4.98 Å². The predicted octanol–water partition coefficient (Wildman–Crippen LogP) is 3.31. The van der Waals surface area contributed by atoms with Gasteiger partial charge >= 0.3 is 0 Å². The summed E-state index contributed by atoms with van der Waals surface area (Å²) in [5.74, 6) is 0.661. The van der Waals surface area contributed by atoms with Crippen LogP contribution in [-0.2, 0) is 11.2 Å². The Balaban J connectivity index is 1.80. The maximum atomic E-state index is 11.9. The van der Waals surface area contributed by atoms with Crippen LogP contribution in [0.5, 0.6) is 0 Å². The van der Waals surface area contributed by atoms with Crippen molar-refractivity contribution in [1.82, 2.24) is 9.88 Å². The van der Waals surface area contributed by atoms with E-state index in [1.54, 1.807) is 0 Å². The molecule has 30 heavy (non-hydrogen) atoms. The first kappa shape index (κ1) is 20.4. The number of piperazine rings is 1. The number of aldehydes is 1. The van der Waals surface area contributed by atoms with Gasteiger partial charge in [-0.15, -0.1) is 0 Å². The van der Waals surface area contributed by atoms with Crippen LogP contribution in [0.2, 0.25) is 0 Å². The average molecular weight is 418 g/mol.